The molecule has 0 fully saturated rings. The van der Waals surface area contributed by atoms with Gasteiger partial charge in [-0.2, -0.15) is 0 Å². The topological polar surface area (TPSA) is 29.5 Å². The van der Waals surface area contributed by atoms with Gasteiger partial charge in [0.15, 0.2) is 0 Å². The highest BCUT2D eigenvalue weighted by Crippen LogP contribution is 2.20. The van der Waals surface area contributed by atoms with E-state index in [2.05, 4.69) is 42.8 Å². The maximum atomic E-state index is 11.1. The summed E-state index contributed by atoms with van der Waals surface area (Å²) >= 11 is 0. The number of methoxy groups -OCH3 is 1. The average Bonchev–Trinajstić information content (AvgIpc) is 2.86. The number of allylic oxidation sites excluding steroid dienone is 2. The Balaban J connectivity index is 3.45. The van der Waals surface area contributed by atoms with E-state index in [1.165, 1.54) is 148 Å². The first-order valence-corrected chi connectivity index (χ1v) is 16.0. The Morgan fingerprint density at radius 1 is 0.639 bits per heavy atom. The molecule has 0 aromatic carbocycles. The zero-order valence-corrected chi connectivity index (χ0v) is 25.2. The van der Waals surface area contributed by atoms with Crippen molar-refractivity contribution < 1.29 is 9.53 Å². The van der Waals surface area contributed by atoms with Crippen LogP contribution in [0.2, 0.25) is 0 Å². The van der Waals surface area contributed by atoms with E-state index in [4.69, 9.17) is 0 Å². The largest absolute Gasteiger partial charge is 0.469 e. The number of nitrogens with zero attached hydrogens (tertiary/aromatic N) is 1. The molecular weight excluding hydrogens is 442 g/mol. The summed E-state index contributed by atoms with van der Waals surface area (Å²) in [4.78, 5) is 13.4. The number of carbonyl (C=O) groups excluding carboxylic acids is 1. The lowest BCUT2D eigenvalue weighted by Gasteiger charge is -2.21. The first kappa shape index (κ1) is 35.2. The molecule has 0 bridgehead atoms. The van der Waals surface area contributed by atoms with Crippen molar-refractivity contribution in [3.8, 4) is 0 Å². The normalized spacial score (nSPS) is 12.6. The van der Waals surface area contributed by atoms with Gasteiger partial charge in [0, 0.05) is 13.0 Å². The molecule has 0 radical (unpaired) electrons. The predicted molar refractivity (Wildman–Crippen MR) is 160 cm³/mol. The monoisotopic (exact) mass is 508 g/mol. The second-order valence-corrected chi connectivity index (χ2v) is 11.4. The Labute approximate surface area is 227 Å². The summed E-state index contributed by atoms with van der Waals surface area (Å²) in [6, 6.07) is 0. The second-order valence-electron chi connectivity index (χ2n) is 11.4. The van der Waals surface area contributed by atoms with E-state index >= 15 is 0 Å². The summed E-state index contributed by atoms with van der Waals surface area (Å²) in [5.74, 6) is 0.841. The van der Waals surface area contributed by atoms with Crippen LogP contribution in [0.25, 0.3) is 0 Å². The van der Waals surface area contributed by atoms with Crippen molar-refractivity contribution in [3.05, 3.63) is 12.2 Å². The highest BCUT2D eigenvalue weighted by Gasteiger charge is 2.09. The lowest BCUT2D eigenvalue weighted by Crippen LogP contribution is -2.21. The number of carbonyl (C=O) groups is 1. The first-order chi connectivity index (χ1) is 17.6. The van der Waals surface area contributed by atoms with Gasteiger partial charge >= 0.3 is 5.97 Å². The third kappa shape index (κ3) is 27.8. The molecule has 0 rings (SSSR count). The molecule has 0 aliphatic carbocycles. The van der Waals surface area contributed by atoms with Gasteiger partial charge in [-0.15, -0.1) is 0 Å². The number of rotatable bonds is 28. The van der Waals surface area contributed by atoms with Gasteiger partial charge in [-0.05, 0) is 65.0 Å². The van der Waals surface area contributed by atoms with E-state index in [-0.39, 0.29) is 5.97 Å². The van der Waals surface area contributed by atoms with E-state index in [9.17, 15) is 4.79 Å². The molecule has 0 aliphatic rings. The molecule has 0 amide bonds. The summed E-state index contributed by atoms with van der Waals surface area (Å²) in [7, 11) is 5.95. The summed E-state index contributed by atoms with van der Waals surface area (Å²) in [5, 5.41) is 0. The summed E-state index contributed by atoms with van der Waals surface area (Å²) < 4.78 is 4.67. The zero-order chi connectivity index (χ0) is 26.5. The van der Waals surface area contributed by atoms with E-state index in [0.717, 1.165) is 18.8 Å². The minimum Gasteiger partial charge on any atom is -0.469 e. The molecule has 0 aromatic heterocycles. The lowest BCUT2D eigenvalue weighted by molar-refractivity contribution is -0.140. The van der Waals surface area contributed by atoms with Crippen LogP contribution in [0, 0.1) is 5.92 Å². The van der Waals surface area contributed by atoms with E-state index in [1.54, 1.807) is 0 Å². The number of ether oxygens (including phenoxy) is 1. The Morgan fingerprint density at radius 3 is 1.50 bits per heavy atom. The highest BCUT2D eigenvalue weighted by atomic mass is 16.5. The van der Waals surface area contributed by atoms with Crippen LogP contribution < -0.4 is 0 Å². The Hall–Kier alpha value is -0.830. The highest BCUT2D eigenvalue weighted by molar-refractivity contribution is 5.68. The Kier molecular flexibility index (Phi) is 28.1. The SMILES string of the molecule is CCCCCCCCC(CCCCCCCCCCC=CCCCCCCCC(=O)OC)CN(C)C. The average molecular weight is 508 g/mol. The van der Waals surface area contributed by atoms with Crippen molar-refractivity contribution in [3.63, 3.8) is 0 Å². The van der Waals surface area contributed by atoms with Gasteiger partial charge in [-0.1, -0.05) is 122 Å². The Morgan fingerprint density at radius 2 is 1.06 bits per heavy atom. The third-order valence-electron chi connectivity index (χ3n) is 7.47. The van der Waals surface area contributed by atoms with Gasteiger partial charge in [0.25, 0.3) is 0 Å². The molecule has 36 heavy (non-hydrogen) atoms. The smallest absolute Gasteiger partial charge is 0.305 e. The molecule has 0 aliphatic heterocycles. The number of esters is 1. The fourth-order valence-electron chi connectivity index (χ4n) is 5.21. The zero-order valence-electron chi connectivity index (χ0n) is 25.2. The van der Waals surface area contributed by atoms with E-state index in [1.807, 2.05) is 0 Å². The fraction of sp³-hybridized carbons (Fsp3) is 0.909. The maximum Gasteiger partial charge on any atom is 0.305 e. The fourth-order valence-corrected chi connectivity index (χ4v) is 5.21. The van der Waals surface area contributed by atoms with Crippen molar-refractivity contribution in [1.82, 2.24) is 4.90 Å². The molecule has 1 atom stereocenters. The second kappa shape index (κ2) is 28.7. The van der Waals surface area contributed by atoms with E-state index in [0.29, 0.717) is 6.42 Å². The number of unbranched alkanes of at least 4 members (excludes halogenated alkanes) is 18. The molecule has 0 spiro atoms. The molecule has 0 heterocycles. The number of hydrogen-bond donors (Lipinski definition) is 0. The lowest BCUT2D eigenvalue weighted by atomic mass is 9.93. The maximum absolute atomic E-state index is 11.1. The molecule has 1 unspecified atom stereocenters. The third-order valence-corrected chi connectivity index (χ3v) is 7.47. The summed E-state index contributed by atoms with van der Waals surface area (Å²) in [6.07, 6.45) is 36.5. The molecular formula is C33H65NO2. The van der Waals surface area contributed by atoms with E-state index < -0.39 is 0 Å². The standard InChI is InChI=1S/C33H65NO2/c1-5-6-7-8-22-25-28-32(31-34(2)3)29-26-23-20-18-16-14-12-10-9-11-13-15-17-19-21-24-27-30-33(35)36-4/h11,13,32H,5-10,12,14-31H2,1-4H3. The van der Waals surface area contributed by atoms with Gasteiger partial charge in [0.05, 0.1) is 7.11 Å². The van der Waals surface area contributed by atoms with Gasteiger partial charge in [0.1, 0.15) is 0 Å². The van der Waals surface area contributed by atoms with Crippen LogP contribution in [-0.4, -0.2) is 38.6 Å². The van der Waals surface area contributed by atoms with Crippen molar-refractivity contribution >= 4 is 5.97 Å². The molecule has 3 nitrogen and oxygen atoms in total. The molecule has 0 N–H and O–H groups in total. The van der Waals surface area contributed by atoms with Gasteiger partial charge in [-0.25, -0.2) is 0 Å². The summed E-state index contributed by atoms with van der Waals surface area (Å²) in [5.41, 5.74) is 0. The predicted octanol–water partition coefficient (Wildman–Crippen LogP) is 10.3. The van der Waals surface area contributed by atoms with Gasteiger partial charge in [-0.3, -0.25) is 4.79 Å². The van der Waals surface area contributed by atoms with Gasteiger partial charge in [0.2, 0.25) is 0 Å². The molecule has 0 aromatic rings. The molecule has 0 saturated carbocycles. The van der Waals surface area contributed by atoms with Crippen LogP contribution in [0.1, 0.15) is 161 Å². The van der Waals surface area contributed by atoms with Crippen molar-refractivity contribution in [1.29, 1.82) is 0 Å². The van der Waals surface area contributed by atoms with Gasteiger partial charge < -0.3 is 9.64 Å². The molecule has 3 heteroatoms. The quantitative estimate of drug-likeness (QED) is 0.0599. The van der Waals surface area contributed by atoms with Crippen LogP contribution in [0.15, 0.2) is 12.2 Å². The minimum atomic E-state index is -0.0730. The van der Waals surface area contributed by atoms with Crippen molar-refractivity contribution in [2.75, 3.05) is 27.7 Å². The molecule has 0 saturated heterocycles. The van der Waals surface area contributed by atoms with Crippen LogP contribution >= 0.6 is 0 Å². The summed E-state index contributed by atoms with van der Waals surface area (Å²) in [6.45, 7) is 3.58. The van der Waals surface area contributed by atoms with Crippen molar-refractivity contribution in [2.24, 2.45) is 5.92 Å². The van der Waals surface area contributed by atoms with Crippen LogP contribution in [0.3, 0.4) is 0 Å². The number of hydrogen-bond acceptors (Lipinski definition) is 3. The first-order valence-electron chi connectivity index (χ1n) is 16.0. The molecule has 214 valence electrons. The van der Waals surface area contributed by atoms with Crippen LogP contribution in [0.5, 0.6) is 0 Å². The van der Waals surface area contributed by atoms with Crippen LogP contribution in [-0.2, 0) is 9.53 Å². The minimum absolute atomic E-state index is 0.0730. The van der Waals surface area contributed by atoms with Crippen molar-refractivity contribution in [2.45, 2.75) is 161 Å². The Bertz CT molecular complexity index is 474. The van der Waals surface area contributed by atoms with Crippen LogP contribution in [0.4, 0.5) is 0 Å².